The van der Waals surface area contributed by atoms with Gasteiger partial charge in [0.25, 0.3) is 0 Å². The van der Waals surface area contributed by atoms with Gasteiger partial charge in [0, 0.05) is 19.4 Å². The molecule has 1 aliphatic rings. The average Bonchev–Trinajstić information content (AvgIpc) is 2.78. The lowest BCUT2D eigenvalue weighted by molar-refractivity contribution is -0.120. The van der Waals surface area contributed by atoms with Crippen LogP contribution < -0.4 is 10.2 Å². The molecule has 0 radical (unpaired) electrons. The van der Waals surface area contributed by atoms with E-state index >= 15 is 0 Å². The summed E-state index contributed by atoms with van der Waals surface area (Å²) in [5.41, 5.74) is 2.62. The Kier molecular flexibility index (Phi) is 4.86. The van der Waals surface area contributed by atoms with Crippen molar-refractivity contribution in [2.24, 2.45) is 0 Å². The van der Waals surface area contributed by atoms with Crippen LogP contribution in [0.3, 0.4) is 0 Å². The van der Waals surface area contributed by atoms with E-state index in [-0.39, 0.29) is 18.5 Å². The molecule has 1 amide bonds. The Bertz CT molecular complexity index is 659. The fraction of sp³-hybridized carbons (Fsp3) is 0.389. The molecule has 0 saturated heterocycles. The van der Waals surface area contributed by atoms with Crippen molar-refractivity contribution in [3.8, 4) is 0 Å². The molecule has 1 aliphatic carbocycles. The summed E-state index contributed by atoms with van der Waals surface area (Å²) < 4.78 is 0. The van der Waals surface area contributed by atoms with Crippen molar-refractivity contribution in [3.05, 3.63) is 54.0 Å². The molecule has 0 fully saturated rings. The number of nitrogens with zero attached hydrogens (tertiary/aromatic N) is 3. The van der Waals surface area contributed by atoms with E-state index in [1.807, 2.05) is 11.9 Å². The Hall–Kier alpha value is -2.43. The van der Waals surface area contributed by atoms with Gasteiger partial charge in [0.15, 0.2) is 0 Å². The molecule has 1 N–H and O–H groups in total. The fourth-order valence-corrected chi connectivity index (χ4v) is 3.10. The van der Waals surface area contributed by atoms with Gasteiger partial charge < -0.3 is 10.2 Å². The topological polar surface area (TPSA) is 58.1 Å². The summed E-state index contributed by atoms with van der Waals surface area (Å²) in [5.74, 6) is 0.712. The molecule has 5 heteroatoms. The van der Waals surface area contributed by atoms with Crippen molar-refractivity contribution in [3.63, 3.8) is 0 Å². The smallest absolute Gasteiger partial charge is 0.240 e. The number of aryl methyl sites for hydroxylation is 1. The number of benzene rings is 1. The van der Waals surface area contributed by atoms with Crippen molar-refractivity contribution in [2.75, 3.05) is 18.5 Å². The molecule has 0 unspecified atom stereocenters. The van der Waals surface area contributed by atoms with Gasteiger partial charge >= 0.3 is 0 Å². The van der Waals surface area contributed by atoms with Crippen LogP contribution in [-0.2, 0) is 11.2 Å². The summed E-state index contributed by atoms with van der Waals surface area (Å²) in [6.07, 6.45) is 9.33. The van der Waals surface area contributed by atoms with E-state index in [9.17, 15) is 4.79 Å². The van der Waals surface area contributed by atoms with E-state index in [0.717, 1.165) is 19.3 Å². The highest BCUT2D eigenvalue weighted by Gasteiger charge is 2.20. The molecule has 23 heavy (non-hydrogen) atoms. The van der Waals surface area contributed by atoms with Gasteiger partial charge in [-0.05, 0) is 30.4 Å². The van der Waals surface area contributed by atoms with Crippen LogP contribution in [0.1, 0.15) is 36.4 Å². The van der Waals surface area contributed by atoms with E-state index in [2.05, 4.69) is 39.6 Å². The second kappa shape index (κ2) is 7.22. The second-order valence-electron chi connectivity index (χ2n) is 5.98. The fourth-order valence-electron chi connectivity index (χ4n) is 3.10. The Morgan fingerprint density at radius 1 is 1.30 bits per heavy atom. The Morgan fingerprint density at radius 2 is 2.17 bits per heavy atom. The Morgan fingerprint density at radius 3 is 3.00 bits per heavy atom. The zero-order valence-corrected chi connectivity index (χ0v) is 13.4. The van der Waals surface area contributed by atoms with E-state index in [1.54, 1.807) is 18.6 Å². The molecule has 5 nitrogen and oxygen atoms in total. The molecule has 0 bridgehead atoms. The molecule has 0 spiro atoms. The number of rotatable bonds is 4. The van der Waals surface area contributed by atoms with Gasteiger partial charge in [0.05, 0.1) is 18.8 Å². The number of fused-ring (bicyclic) bond motifs is 1. The van der Waals surface area contributed by atoms with Gasteiger partial charge in [-0.15, -0.1) is 0 Å². The van der Waals surface area contributed by atoms with Gasteiger partial charge in [0.2, 0.25) is 5.91 Å². The van der Waals surface area contributed by atoms with E-state index in [0.29, 0.717) is 5.82 Å². The molecule has 0 aliphatic heterocycles. The molecule has 120 valence electrons. The Labute approximate surface area is 136 Å². The number of hydrogen-bond donors (Lipinski definition) is 1. The van der Waals surface area contributed by atoms with Gasteiger partial charge in [0.1, 0.15) is 5.82 Å². The predicted octanol–water partition coefficient (Wildman–Crippen LogP) is 2.50. The van der Waals surface area contributed by atoms with Gasteiger partial charge in [-0.25, -0.2) is 4.98 Å². The van der Waals surface area contributed by atoms with Crippen molar-refractivity contribution in [1.29, 1.82) is 0 Å². The number of likely N-dealkylation sites (N-methyl/N-ethyl adjacent to an activating group) is 1. The normalized spacial score (nSPS) is 17.0. The first-order chi connectivity index (χ1) is 11.2. The number of aromatic nitrogens is 2. The second-order valence-corrected chi connectivity index (χ2v) is 5.98. The third kappa shape index (κ3) is 3.86. The van der Waals surface area contributed by atoms with Gasteiger partial charge in [-0.1, -0.05) is 30.7 Å². The van der Waals surface area contributed by atoms with Crippen LogP contribution in [0.15, 0.2) is 42.9 Å². The summed E-state index contributed by atoms with van der Waals surface area (Å²) in [6, 6.07) is 8.54. The number of carbonyl (C=O) groups excluding carboxylic acids is 1. The SMILES string of the molecule is CN(CC(=O)N[C@@H]1CCCCc2ccccc21)c1cnccn1. The maximum absolute atomic E-state index is 12.4. The van der Waals surface area contributed by atoms with Crippen LogP contribution in [-0.4, -0.2) is 29.5 Å². The molecule has 3 rings (SSSR count). The lowest BCUT2D eigenvalue weighted by Gasteiger charge is -2.22. The number of anilines is 1. The van der Waals surface area contributed by atoms with Crippen molar-refractivity contribution < 1.29 is 4.79 Å². The minimum atomic E-state index is 0.0138. The van der Waals surface area contributed by atoms with Crippen LogP contribution in [0.2, 0.25) is 0 Å². The van der Waals surface area contributed by atoms with Crippen LogP contribution in [0, 0.1) is 0 Å². The zero-order chi connectivity index (χ0) is 16.1. The molecule has 2 aromatic rings. The maximum atomic E-state index is 12.4. The molecular formula is C18H22N4O. The summed E-state index contributed by atoms with van der Waals surface area (Å²) in [5, 5.41) is 3.19. The minimum absolute atomic E-state index is 0.0138. The first kappa shape index (κ1) is 15.5. The summed E-state index contributed by atoms with van der Waals surface area (Å²) in [7, 11) is 1.85. The molecule has 1 aromatic heterocycles. The minimum Gasteiger partial charge on any atom is -0.349 e. The summed E-state index contributed by atoms with van der Waals surface area (Å²) in [6.45, 7) is 0.275. The van der Waals surface area contributed by atoms with Crippen molar-refractivity contribution >= 4 is 11.7 Å². The molecule has 1 heterocycles. The highest BCUT2D eigenvalue weighted by Crippen LogP contribution is 2.28. The number of hydrogen-bond acceptors (Lipinski definition) is 4. The standard InChI is InChI=1S/C18H22N4O/c1-22(17-12-19-10-11-20-17)13-18(23)21-16-9-5-3-7-14-6-2-4-8-15(14)16/h2,4,6,8,10-12,16H,3,5,7,9,13H2,1H3,(H,21,23)/t16-/m1/s1. The zero-order valence-electron chi connectivity index (χ0n) is 13.4. The highest BCUT2D eigenvalue weighted by atomic mass is 16.2. The van der Waals surface area contributed by atoms with Crippen LogP contribution in [0.5, 0.6) is 0 Å². The highest BCUT2D eigenvalue weighted by molar-refractivity contribution is 5.81. The quantitative estimate of drug-likeness (QED) is 0.882. The molecule has 0 saturated carbocycles. The summed E-state index contributed by atoms with van der Waals surface area (Å²) in [4.78, 5) is 22.5. The number of carbonyl (C=O) groups is 1. The maximum Gasteiger partial charge on any atom is 0.240 e. The van der Waals surface area contributed by atoms with E-state index in [1.165, 1.54) is 17.5 Å². The molecular weight excluding hydrogens is 288 g/mol. The van der Waals surface area contributed by atoms with Gasteiger partial charge in [-0.3, -0.25) is 9.78 Å². The van der Waals surface area contributed by atoms with Crippen LogP contribution in [0.25, 0.3) is 0 Å². The number of amides is 1. The van der Waals surface area contributed by atoms with Crippen LogP contribution >= 0.6 is 0 Å². The molecule has 1 aromatic carbocycles. The largest absolute Gasteiger partial charge is 0.349 e. The van der Waals surface area contributed by atoms with E-state index in [4.69, 9.17) is 0 Å². The summed E-state index contributed by atoms with van der Waals surface area (Å²) >= 11 is 0. The third-order valence-electron chi connectivity index (χ3n) is 4.28. The van der Waals surface area contributed by atoms with Crippen LogP contribution in [0.4, 0.5) is 5.82 Å². The van der Waals surface area contributed by atoms with E-state index < -0.39 is 0 Å². The monoisotopic (exact) mass is 310 g/mol. The number of nitrogens with one attached hydrogen (secondary N) is 1. The van der Waals surface area contributed by atoms with Gasteiger partial charge in [-0.2, -0.15) is 0 Å². The Balaban J connectivity index is 1.66. The average molecular weight is 310 g/mol. The first-order valence-corrected chi connectivity index (χ1v) is 8.08. The third-order valence-corrected chi connectivity index (χ3v) is 4.28. The van der Waals surface area contributed by atoms with Crippen molar-refractivity contribution in [2.45, 2.75) is 31.7 Å². The van der Waals surface area contributed by atoms with Crippen molar-refractivity contribution in [1.82, 2.24) is 15.3 Å². The first-order valence-electron chi connectivity index (χ1n) is 8.08. The predicted molar refractivity (Wildman–Crippen MR) is 90.2 cm³/mol. The lowest BCUT2D eigenvalue weighted by Crippen LogP contribution is -2.37. The molecule has 1 atom stereocenters. The lowest BCUT2D eigenvalue weighted by atomic mass is 9.99.